The van der Waals surface area contributed by atoms with E-state index < -0.39 is 60.0 Å². The number of carbonyl (C=O) groups excluding carboxylic acids is 1. The van der Waals surface area contributed by atoms with E-state index in [0.717, 1.165) is 24.4 Å². The second kappa shape index (κ2) is 9.56. The summed E-state index contributed by atoms with van der Waals surface area (Å²) >= 11 is 0. The molecule has 2 unspecified atom stereocenters. The molecule has 0 fully saturated rings. The van der Waals surface area contributed by atoms with Gasteiger partial charge in [0.05, 0.1) is 0 Å². The summed E-state index contributed by atoms with van der Waals surface area (Å²) in [7, 11) is 0. The minimum absolute atomic E-state index is 0.234. The predicted molar refractivity (Wildman–Crippen MR) is 87.4 cm³/mol. The Morgan fingerprint density at radius 3 is 1.50 bits per heavy atom. The van der Waals surface area contributed by atoms with Crippen molar-refractivity contribution in [1.82, 2.24) is 0 Å². The summed E-state index contributed by atoms with van der Waals surface area (Å²) in [4.78, 5) is 11.8. The Hall–Kier alpha value is -2.58. The van der Waals surface area contributed by atoms with Gasteiger partial charge >= 0.3 is 48.4 Å². The van der Waals surface area contributed by atoms with Gasteiger partial charge in [0, 0.05) is 5.69 Å². The summed E-state index contributed by atoms with van der Waals surface area (Å²) in [6.07, 6.45) is -38.6. The Bertz CT molecular complexity index is 1030. The number of anilines is 1. The second-order valence-corrected chi connectivity index (χ2v) is 7.27. The van der Waals surface area contributed by atoms with Crippen LogP contribution in [0.3, 0.4) is 0 Å². The first-order valence-electron chi connectivity index (χ1n) is 8.97. The van der Waals surface area contributed by atoms with Gasteiger partial charge in [-0.05, 0) is 25.5 Å². The van der Waals surface area contributed by atoms with Crippen LogP contribution in [0.1, 0.15) is 11.1 Å². The number of benzene rings is 1. The lowest BCUT2D eigenvalue weighted by atomic mass is 10.1. The number of carbonyl (C=O) groups is 1. The number of nitrogens with one attached hydrogen (secondary N) is 1. The molecule has 0 bridgehead atoms. The Balaban J connectivity index is 3.65. The van der Waals surface area contributed by atoms with Crippen LogP contribution < -0.4 is 5.32 Å². The monoisotopic (exact) mass is 599 g/mol. The van der Waals surface area contributed by atoms with Crippen LogP contribution in [0.2, 0.25) is 0 Å². The normalized spacial score (nSPS) is 17.6. The van der Waals surface area contributed by atoms with Crippen molar-refractivity contribution < 1.29 is 88.9 Å². The van der Waals surface area contributed by atoms with Gasteiger partial charge in [-0.25, -0.2) is 0 Å². The molecule has 2 atom stereocenters. The predicted octanol–water partition coefficient (Wildman–Crippen LogP) is 7.11. The standard InChI is InChI=1S/C17H10F17NO3/c1-6-3-4-8(7(2)5-6)35-9(36)10(18,13(22,23)24)37-17(33,34)12(21,15(28,29)30)38-16(31,32)11(19,20)14(25,26)27/h3-5H,1-2H3,(H,35,36). The quantitative estimate of drug-likeness (QED) is 0.324. The van der Waals surface area contributed by atoms with Crippen molar-refractivity contribution in [3.8, 4) is 0 Å². The zero-order valence-electron chi connectivity index (χ0n) is 17.9. The van der Waals surface area contributed by atoms with Crippen LogP contribution in [0, 0.1) is 13.8 Å². The molecule has 0 saturated carbocycles. The maximum atomic E-state index is 14.5. The van der Waals surface area contributed by atoms with Gasteiger partial charge in [-0.1, -0.05) is 17.7 Å². The topological polar surface area (TPSA) is 47.6 Å². The van der Waals surface area contributed by atoms with Crippen molar-refractivity contribution in [1.29, 1.82) is 0 Å². The highest BCUT2D eigenvalue weighted by molar-refractivity contribution is 5.97. The summed E-state index contributed by atoms with van der Waals surface area (Å²) in [6, 6.07) is 2.79. The molecule has 0 radical (unpaired) electrons. The Morgan fingerprint density at radius 2 is 1.13 bits per heavy atom. The van der Waals surface area contributed by atoms with Gasteiger partial charge in [0.15, 0.2) is 0 Å². The van der Waals surface area contributed by atoms with Crippen LogP contribution in [0.5, 0.6) is 0 Å². The van der Waals surface area contributed by atoms with E-state index in [0.29, 0.717) is 11.6 Å². The third-order valence-electron chi connectivity index (χ3n) is 4.28. The molecule has 38 heavy (non-hydrogen) atoms. The largest absolute Gasteiger partial charge is 0.462 e. The first kappa shape index (κ1) is 33.4. The fraction of sp³-hybridized carbons (Fsp3) is 0.588. The number of hydrogen-bond donors (Lipinski definition) is 1. The van der Waals surface area contributed by atoms with Gasteiger partial charge in [0.2, 0.25) is 0 Å². The molecule has 1 rings (SSSR count). The smallest absolute Gasteiger partial charge is 0.321 e. The van der Waals surface area contributed by atoms with Gasteiger partial charge in [-0.2, -0.15) is 74.6 Å². The first-order valence-corrected chi connectivity index (χ1v) is 8.97. The summed E-state index contributed by atoms with van der Waals surface area (Å²) < 4.78 is 227. The zero-order chi connectivity index (χ0) is 30.6. The average Bonchev–Trinajstić information content (AvgIpc) is 2.66. The third kappa shape index (κ3) is 5.86. The first-order chi connectivity index (χ1) is 16.5. The number of rotatable bonds is 8. The maximum Gasteiger partial charge on any atom is 0.462 e. The number of alkyl halides is 17. The number of hydrogen-bond acceptors (Lipinski definition) is 3. The van der Waals surface area contributed by atoms with Crippen LogP contribution in [-0.4, -0.2) is 54.3 Å². The van der Waals surface area contributed by atoms with E-state index in [1.54, 1.807) is 0 Å². The maximum absolute atomic E-state index is 14.5. The molecule has 1 N–H and O–H groups in total. The molecule has 4 nitrogen and oxygen atoms in total. The second-order valence-electron chi connectivity index (χ2n) is 7.27. The summed E-state index contributed by atoms with van der Waals surface area (Å²) in [6.45, 7) is 2.38. The van der Waals surface area contributed by atoms with E-state index >= 15 is 0 Å². The van der Waals surface area contributed by atoms with E-state index in [2.05, 4.69) is 0 Å². The SMILES string of the molecule is Cc1ccc(NC(=O)C(F)(OC(F)(F)C(F)(OC(F)(F)C(F)(F)C(F)(F)F)C(F)(F)F)C(F)(F)F)c(C)c1. The molecule has 0 saturated heterocycles. The molecule has 21 heteroatoms. The zero-order valence-corrected chi connectivity index (χ0v) is 17.9. The van der Waals surface area contributed by atoms with Gasteiger partial charge in [-0.3, -0.25) is 14.3 Å². The van der Waals surface area contributed by atoms with E-state index in [1.807, 2.05) is 4.74 Å². The molecular weight excluding hydrogens is 589 g/mol. The van der Waals surface area contributed by atoms with E-state index in [1.165, 1.54) is 11.7 Å². The summed E-state index contributed by atoms with van der Waals surface area (Å²) in [5.74, 6) is -26.2. The molecule has 1 aromatic rings. The molecule has 0 aliphatic heterocycles. The molecule has 220 valence electrons. The van der Waals surface area contributed by atoms with Crippen molar-refractivity contribution in [3.05, 3.63) is 29.3 Å². The molecule has 1 aromatic carbocycles. The number of halogens is 17. The van der Waals surface area contributed by atoms with Crippen molar-refractivity contribution in [2.24, 2.45) is 0 Å². The fourth-order valence-corrected chi connectivity index (χ4v) is 2.32. The minimum Gasteiger partial charge on any atom is -0.321 e. The Morgan fingerprint density at radius 1 is 0.658 bits per heavy atom. The van der Waals surface area contributed by atoms with Crippen LogP contribution >= 0.6 is 0 Å². The molecule has 0 aliphatic carbocycles. The lowest BCUT2D eigenvalue weighted by Crippen LogP contribution is -2.68. The number of ether oxygens (including phenoxy) is 2. The molecule has 0 aliphatic rings. The highest BCUT2D eigenvalue weighted by Crippen LogP contribution is 2.56. The van der Waals surface area contributed by atoms with Crippen LogP contribution in [0.15, 0.2) is 18.2 Å². The number of aryl methyl sites for hydroxylation is 2. The van der Waals surface area contributed by atoms with Gasteiger partial charge < -0.3 is 5.32 Å². The van der Waals surface area contributed by atoms with Crippen molar-refractivity contribution >= 4 is 11.6 Å². The molecule has 0 spiro atoms. The Labute approximate surface area is 198 Å². The van der Waals surface area contributed by atoms with Crippen LogP contribution in [-0.2, 0) is 14.3 Å². The summed E-state index contributed by atoms with van der Waals surface area (Å²) in [5, 5.41) is 0.936. The minimum atomic E-state index is -8.05. The average molecular weight is 599 g/mol. The Kier molecular flexibility index (Phi) is 8.41. The number of amides is 1. The van der Waals surface area contributed by atoms with E-state index in [-0.39, 0.29) is 5.56 Å². The van der Waals surface area contributed by atoms with Crippen molar-refractivity contribution in [2.45, 2.75) is 62.2 Å². The summed E-state index contributed by atoms with van der Waals surface area (Å²) in [5.41, 5.74) is -0.734. The van der Waals surface area contributed by atoms with E-state index in [9.17, 15) is 79.4 Å². The van der Waals surface area contributed by atoms with Gasteiger partial charge in [0.25, 0.3) is 5.91 Å². The third-order valence-corrected chi connectivity index (χ3v) is 4.28. The van der Waals surface area contributed by atoms with Gasteiger partial charge in [0.1, 0.15) is 0 Å². The molecule has 0 heterocycles. The fourth-order valence-electron chi connectivity index (χ4n) is 2.32. The highest BCUT2D eigenvalue weighted by atomic mass is 19.4. The van der Waals surface area contributed by atoms with Gasteiger partial charge in [-0.15, -0.1) is 0 Å². The molecule has 0 aromatic heterocycles. The lowest BCUT2D eigenvalue weighted by Gasteiger charge is -2.40. The molecular formula is C17H10F17NO3. The van der Waals surface area contributed by atoms with Crippen molar-refractivity contribution in [2.75, 3.05) is 5.32 Å². The molecule has 1 amide bonds. The van der Waals surface area contributed by atoms with Crippen LogP contribution in [0.25, 0.3) is 0 Å². The van der Waals surface area contributed by atoms with Crippen LogP contribution in [0.4, 0.5) is 80.3 Å². The highest BCUT2D eigenvalue weighted by Gasteiger charge is 2.85. The van der Waals surface area contributed by atoms with Crippen molar-refractivity contribution in [3.63, 3.8) is 0 Å². The lowest BCUT2D eigenvalue weighted by molar-refractivity contribution is -0.548. The van der Waals surface area contributed by atoms with E-state index in [4.69, 9.17) is 0 Å².